The third kappa shape index (κ3) is 3.10. The number of aromatic nitrogens is 2. The minimum atomic E-state index is -0.380. The van der Waals surface area contributed by atoms with E-state index in [2.05, 4.69) is 10.4 Å². The fraction of sp³-hybridized carbons (Fsp3) is 0.353. The van der Waals surface area contributed by atoms with Crippen molar-refractivity contribution in [3.05, 3.63) is 36.0 Å². The molecule has 2 heterocycles. The molecule has 1 aromatic carbocycles. The van der Waals surface area contributed by atoms with Gasteiger partial charge in [0, 0.05) is 31.8 Å². The largest absolute Gasteiger partial charge is 0.497 e. The van der Waals surface area contributed by atoms with Crippen LogP contribution in [0.2, 0.25) is 0 Å². The number of ether oxygens (including phenoxy) is 1. The van der Waals surface area contributed by atoms with Gasteiger partial charge in [-0.05, 0) is 31.2 Å². The van der Waals surface area contributed by atoms with Gasteiger partial charge in [0.2, 0.25) is 11.8 Å². The number of rotatable bonds is 4. The maximum Gasteiger partial charge on any atom is 0.230 e. The van der Waals surface area contributed by atoms with Crippen molar-refractivity contribution in [2.24, 2.45) is 13.0 Å². The highest BCUT2D eigenvalue weighted by Gasteiger charge is 2.35. The molecular weight excluding hydrogens is 308 g/mol. The summed E-state index contributed by atoms with van der Waals surface area (Å²) >= 11 is 0. The van der Waals surface area contributed by atoms with Crippen LogP contribution >= 0.6 is 0 Å². The second-order valence-electron chi connectivity index (χ2n) is 5.89. The first-order valence-electron chi connectivity index (χ1n) is 7.74. The van der Waals surface area contributed by atoms with E-state index >= 15 is 0 Å². The van der Waals surface area contributed by atoms with Crippen molar-refractivity contribution in [3.8, 4) is 5.75 Å². The van der Waals surface area contributed by atoms with Crippen LogP contribution in [0.5, 0.6) is 5.75 Å². The van der Waals surface area contributed by atoms with Gasteiger partial charge in [0.1, 0.15) is 11.6 Å². The molecule has 0 radical (unpaired) electrons. The molecule has 1 atom stereocenters. The smallest absolute Gasteiger partial charge is 0.230 e. The Labute approximate surface area is 140 Å². The number of nitrogens with zero attached hydrogens (tertiary/aromatic N) is 3. The minimum Gasteiger partial charge on any atom is -0.497 e. The molecule has 2 amide bonds. The monoisotopic (exact) mass is 328 g/mol. The van der Waals surface area contributed by atoms with Gasteiger partial charge in [-0.1, -0.05) is 0 Å². The summed E-state index contributed by atoms with van der Waals surface area (Å²) in [7, 11) is 3.36. The van der Waals surface area contributed by atoms with Gasteiger partial charge in [-0.3, -0.25) is 14.3 Å². The number of benzene rings is 1. The SMILES string of the molecule is COc1ccc(N2CC(C(=O)Nc3cc(C)nn3C)CC2=O)cc1. The van der Waals surface area contributed by atoms with Gasteiger partial charge >= 0.3 is 0 Å². The highest BCUT2D eigenvalue weighted by Crippen LogP contribution is 2.27. The Morgan fingerprint density at radius 2 is 2.04 bits per heavy atom. The van der Waals surface area contributed by atoms with Crippen LogP contribution in [-0.4, -0.2) is 35.2 Å². The van der Waals surface area contributed by atoms with Crippen molar-refractivity contribution < 1.29 is 14.3 Å². The number of methoxy groups -OCH3 is 1. The Morgan fingerprint density at radius 1 is 1.33 bits per heavy atom. The zero-order valence-corrected chi connectivity index (χ0v) is 13.9. The Balaban J connectivity index is 1.69. The third-order valence-corrected chi connectivity index (χ3v) is 4.13. The molecular formula is C17H20N4O3. The summed E-state index contributed by atoms with van der Waals surface area (Å²) in [6, 6.07) is 9.04. The number of anilines is 2. The molecule has 0 spiro atoms. The zero-order valence-electron chi connectivity index (χ0n) is 13.9. The molecule has 7 heteroatoms. The first-order valence-corrected chi connectivity index (χ1v) is 7.74. The molecule has 1 N–H and O–H groups in total. The van der Waals surface area contributed by atoms with Gasteiger partial charge in [-0.15, -0.1) is 0 Å². The number of amides is 2. The maximum atomic E-state index is 12.4. The van der Waals surface area contributed by atoms with Crippen LogP contribution in [-0.2, 0) is 16.6 Å². The molecule has 0 bridgehead atoms. The summed E-state index contributed by atoms with van der Waals surface area (Å²) < 4.78 is 6.74. The highest BCUT2D eigenvalue weighted by molar-refractivity contribution is 6.03. The van der Waals surface area contributed by atoms with Crippen LogP contribution in [0, 0.1) is 12.8 Å². The van der Waals surface area contributed by atoms with Crippen molar-refractivity contribution in [1.29, 1.82) is 0 Å². The summed E-state index contributed by atoms with van der Waals surface area (Å²) in [5.41, 5.74) is 1.60. The molecule has 0 saturated carbocycles. The van der Waals surface area contributed by atoms with Gasteiger partial charge in [-0.25, -0.2) is 0 Å². The van der Waals surface area contributed by atoms with Crippen LogP contribution in [0.1, 0.15) is 12.1 Å². The number of carbonyl (C=O) groups excluding carboxylic acids is 2. The van der Waals surface area contributed by atoms with Gasteiger partial charge in [0.25, 0.3) is 0 Å². The van der Waals surface area contributed by atoms with Crippen molar-refractivity contribution in [2.75, 3.05) is 23.9 Å². The van der Waals surface area contributed by atoms with E-state index in [9.17, 15) is 9.59 Å². The minimum absolute atomic E-state index is 0.0542. The number of hydrogen-bond donors (Lipinski definition) is 1. The molecule has 1 aliphatic rings. The molecule has 7 nitrogen and oxygen atoms in total. The van der Waals surface area contributed by atoms with Crippen molar-refractivity contribution >= 4 is 23.3 Å². The fourth-order valence-electron chi connectivity index (χ4n) is 2.85. The molecule has 24 heavy (non-hydrogen) atoms. The van der Waals surface area contributed by atoms with Crippen LogP contribution in [0.15, 0.2) is 30.3 Å². The number of hydrogen-bond acceptors (Lipinski definition) is 4. The van der Waals surface area contributed by atoms with Gasteiger partial charge in [-0.2, -0.15) is 5.10 Å². The van der Waals surface area contributed by atoms with Crippen LogP contribution in [0.3, 0.4) is 0 Å². The first-order chi connectivity index (χ1) is 11.5. The molecule has 1 saturated heterocycles. The topological polar surface area (TPSA) is 76.5 Å². The van der Waals surface area contributed by atoms with Crippen molar-refractivity contribution in [3.63, 3.8) is 0 Å². The lowest BCUT2D eigenvalue weighted by Gasteiger charge is -2.17. The van der Waals surface area contributed by atoms with E-state index in [1.807, 2.05) is 19.1 Å². The lowest BCUT2D eigenvalue weighted by Crippen LogP contribution is -2.28. The summed E-state index contributed by atoms with van der Waals surface area (Å²) in [6.45, 7) is 2.23. The zero-order chi connectivity index (χ0) is 17.3. The van der Waals surface area contributed by atoms with E-state index in [1.54, 1.807) is 41.9 Å². The van der Waals surface area contributed by atoms with E-state index in [-0.39, 0.29) is 24.2 Å². The van der Waals surface area contributed by atoms with Gasteiger partial charge in [0.15, 0.2) is 0 Å². The average Bonchev–Trinajstić information content (AvgIpc) is 3.10. The summed E-state index contributed by atoms with van der Waals surface area (Å²) in [5.74, 6) is 0.762. The quantitative estimate of drug-likeness (QED) is 0.927. The Kier molecular flexibility index (Phi) is 4.24. The van der Waals surface area contributed by atoms with Crippen LogP contribution in [0.4, 0.5) is 11.5 Å². The third-order valence-electron chi connectivity index (χ3n) is 4.13. The molecule has 3 rings (SSSR count). The Hall–Kier alpha value is -2.83. The van der Waals surface area contributed by atoms with E-state index in [4.69, 9.17) is 4.74 Å². The lowest BCUT2D eigenvalue weighted by atomic mass is 10.1. The van der Waals surface area contributed by atoms with Crippen molar-refractivity contribution in [2.45, 2.75) is 13.3 Å². The number of nitrogens with one attached hydrogen (secondary N) is 1. The maximum absolute atomic E-state index is 12.4. The van der Waals surface area contributed by atoms with Crippen molar-refractivity contribution in [1.82, 2.24) is 9.78 Å². The Bertz CT molecular complexity index is 767. The average molecular weight is 328 g/mol. The van der Waals surface area contributed by atoms with E-state index in [1.165, 1.54) is 0 Å². The van der Waals surface area contributed by atoms with Crippen LogP contribution in [0.25, 0.3) is 0 Å². The molecule has 126 valence electrons. The summed E-state index contributed by atoms with van der Waals surface area (Å²) in [5, 5.41) is 7.04. The molecule has 1 unspecified atom stereocenters. The van der Waals surface area contributed by atoms with E-state index in [0.29, 0.717) is 12.4 Å². The summed E-state index contributed by atoms with van der Waals surface area (Å²) in [6.07, 6.45) is 0.203. The molecule has 0 aliphatic carbocycles. The summed E-state index contributed by atoms with van der Waals surface area (Å²) in [4.78, 5) is 26.3. The highest BCUT2D eigenvalue weighted by atomic mass is 16.5. The Morgan fingerprint density at radius 3 is 2.62 bits per heavy atom. The molecule has 1 aromatic heterocycles. The number of carbonyl (C=O) groups is 2. The second-order valence-corrected chi connectivity index (χ2v) is 5.89. The molecule has 1 fully saturated rings. The molecule has 2 aromatic rings. The normalized spacial score (nSPS) is 17.2. The second kappa shape index (κ2) is 6.35. The lowest BCUT2D eigenvalue weighted by molar-refractivity contribution is -0.122. The van der Waals surface area contributed by atoms with E-state index in [0.717, 1.165) is 17.1 Å². The molecule has 1 aliphatic heterocycles. The predicted octanol–water partition coefficient (Wildman–Crippen LogP) is 1.73. The number of aryl methyl sites for hydroxylation is 2. The van der Waals surface area contributed by atoms with Crippen LogP contribution < -0.4 is 15.0 Å². The van der Waals surface area contributed by atoms with E-state index < -0.39 is 0 Å². The predicted molar refractivity (Wildman–Crippen MR) is 90.0 cm³/mol. The van der Waals surface area contributed by atoms with Gasteiger partial charge < -0.3 is 15.0 Å². The van der Waals surface area contributed by atoms with Gasteiger partial charge in [0.05, 0.1) is 18.7 Å². The first kappa shape index (κ1) is 16.0. The standard InChI is InChI=1S/C17H20N4O3/c1-11-8-15(20(2)19-11)18-17(23)12-9-16(22)21(10-12)13-4-6-14(24-3)7-5-13/h4-8,12H,9-10H2,1-3H3,(H,18,23). The fourth-order valence-corrected chi connectivity index (χ4v) is 2.85.